The van der Waals surface area contributed by atoms with Gasteiger partial charge in [-0.05, 0) is 30.7 Å². The highest BCUT2D eigenvalue weighted by Gasteiger charge is 2.30. The molecule has 9 heteroatoms. The smallest absolute Gasteiger partial charge is 0.256 e. The number of carbonyl (C=O) groups excluding carboxylic acids is 1. The van der Waals surface area contributed by atoms with Crippen LogP contribution < -0.4 is 0 Å². The van der Waals surface area contributed by atoms with E-state index in [1.165, 1.54) is 24.1 Å². The first kappa shape index (κ1) is 17.2. The van der Waals surface area contributed by atoms with Crippen LogP contribution >= 0.6 is 0 Å². The average molecular weight is 374 g/mol. The lowest BCUT2D eigenvalue weighted by Crippen LogP contribution is -2.23. The topological polar surface area (TPSA) is 72.1 Å². The summed E-state index contributed by atoms with van der Waals surface area (Å²) in [6, 6.07) is 5.05. The van der Waals surface area contributed by atoms with Gasteiger partial charge in [-0.2, -0.15) is 0 Å². The third-order valence-corrected chi connectivity index (χ3v) is 4.21. The number of rotatable bonds is 4. The number of hydrogen-bond donors (Lipinski definition) is 0. The molecule has 1 aliphatic rings. The van der Waals surface area contributed by atoms with E-state index in [1.54, 1.807) is 6.07 Å². The lowest BCUT2D eigenvalue weighted by Gasteiger charge is -2.15. The highest BCUT2D eigenvalue weighted by atomic mass is 19.2. The molecule has 1 amide bonds. The summed E-state index contributed by atoms with van der Waals surface area (Å²) in [4.78, 5) is 18.4. The van der Waals surface area contributed by atoms with E-state index in [9.17, 15) is 18.0 Å². The van der Waals surface area contributed by atoms with Crippen LogP contribution in [0.2, 0.25) is 0 Å². The molecule has 6 nitrogen and oxygen atoms in total. The molecule has 0 spiro atoms. The van der Waals surface area contributed by atoms with Crippen LogP contribution in [0.1, 0.15) is 40.6 Å². The SMILES string of the molecule is CC(F)c1nnc(-c2cnc3c(c2)C(=O)N(Cc2ccc(F)c(F)c2)C3)o1. The van der Waals surface area contributed by atoms with Gasteiger partial charge in [-0.3, -0.25) is 9.78 Å². The lowest BCUT2D eigenvalue weighted by atomic mass is 10.1. The van der Waals surface area contributed by atoms with Crippen LogP contribution in [0, 0.1) is 11.6 Å². The Morgan fingerprint density at radius 1 is 1.22 bits per heavy atom. The lowest BCUT2D eigenvalue weighted by molar-refractivity contribution is 0.0766. The summed E-state index contributed by atoms with van der Waals surface area (Å²) in [7, 11) is 0. The maximum Gasteiger partial charge on any atom is 0.256 e. The number of halogens is 3. The monoisotopic (exact) mass is 374 g/mol. The fourth-order valence-electron chi connectivity index (χ4n) is 2.84. The molecule has 3 aromatic rings. The molecule has 0 aliphatic carbocycles. The Hall–Kier alpha value is -3.23. The number of hydrogen-bond acceptors (Lipinski definition) is 5. The van der Waals surface area contributed by atoms with Crippen molar-refractivity contribution in [3.8, 4) is 11.5 Å². The molecule has 0 N–H and O–H groups in total. The van der Waals surface area contributed by atoms with Crippen molar-refractivity contribution in [3.63, 3.8) is 0 Å². The standard InChI is InChI=1S/C18H13F3N4O2/c1-9(19)16-23-24-17(27-16)11-5-12-15(22-6-11)8-25(18(12)26)7-10-2-3-13(20)14(21)4-10/h2-6,9H,7-8H2,1H3. The van der Waals surface area contributed by atoms with Gasteiger partial charge in [0.05, 0.1) is 23.4 Å². The third kappa shape index (κ3) is 3.16. The first-order valence-corrected chi connectivity index (χ1v) is 8.12. The molecule has 3 heterocycles. The second-order valence-electron chi connectivity index (χ2n) is 6.19. The number of amides is 1. The fraction of sp³-hybridized carbons (Fsp3) is 0.222. The molecule has 0 fully saturated rings. The van der Waals surface area contributed by atoms with Gasteiger partial charge in [0.2, 0.25) is 5.89 Å². The van der Waals surface area contributed by atoms with Crippen molar-refractivity contribution in [1.29, 1.82) is 0 Å². The Bertz CT molecular complexity index is 1040. The highest BCUT2D eigenvalue weighted by Crippen LogP contribution is 2.28. The van der Waals surface area contributed by atoms with Gasteiger partial charge in [0.1, 0.15) is 0 Å². The number of pyridine rings is 1. The van der Waals surface area contributed by atoms with Gasteiger partial charge in [-0.15, -0.1) is 10.2 Å². The van der Waals surface area contributed by atoms with E-state index in [1.807, 2.05) is 0 Å². The predicted octanol–water partition coefficient (Wildman–Crippen LogP) is 3.60. The van der Waals surface area contributed by atoms with E-state index in [-0.39, 0.29) is 30.8 Å². The molecular weight excluding hydrogens is 361 g/mol. The van der Waals surface area contributed by atoms with Crippen LogP contribution in [0.25, 0.3) is 11.5 Å². The van der Waals surface area contributed by atoms with E-state index < -0.39 is 17.8 Å². The summed E-state index contributed by atoms with van der Waals surface area (Å²) in [6.07, 6.45) is 0.0646. The minimum absolute atomic E-state index is 0.0663. The van der Waals surface area contributed by atoms with Crippen LogP contribution in [0.4, 0.5) is 13.2 Å². The molecule has 1 unspecified atom stereocenters. The number of alkyl halides is 1. The van der Waals surface area contributed by atoms with Gasteiger partial charge in [0.15, 0.2) is 17.8 Å². The summed E-state index contributed by atoms with van der Waals surface area (Å²) in [5.41, 5.74) is 1.76. The number of nitrogens with zero attached hydrogens (tertiary/aromatic N) is 4. The van der Waals surface area contributed by atoms with Crippen LogP contribution in [0.15, 0.2) is 34.9 Å². The van der Waals surface area contributed by atoms with Crippen molar-refractivity contribution < 1.29 is 22.4 Å². The van der Waals surface area contributed by atoms with Crippen LogP contribution in [-0.2, 0) is 13.1 Å². The van der Waals surface area contributed by atoms with E-state index in [0.717, 1.165) is 12.1 Å². The molecule has 138 valence electrons. The summed E-state index contributed by atoms with van der Waals surface area (Å²) < 4.78 is 44.9. The summed E-state index contributed by atoms with van der Waals surface area (Å²) >= 11 is 0. The third-order valence-electron chi connectivity index (χ3n) is 4.21. The minimum Gasteiger partial charge on any atom is -0.417 e. The van der Waals surface area contributed by atoms with Gasteiger partial charge >= 0.3 is 0 Å². The molecule has 4 rings (SSSR count). The maximum absolute atomic E-state index is 13.4. The molecule has 2 aromatic heterocycles. The summed E-state index contributed by atoms with van der Waals surface area (Å²) in [6.45, 7) is 1.63. The molecule has 0 saturated heterocycles. The number of aromatic nitrogens is 3. The second kappa shape index (κ2) is 6.49. The zero-order valence-electron chi connectivity index (χ0n) is 14.1. The van der Waals surface area contributed by atoms with Crippen molar-refractivity contribution in [3.05, 3.63) is 64.8 Å². The quantitative estimate of drug-likeness (QED) is 0.698. The first-order chi connectivity index (χ1) is 12.9. The molecule has 27 heavy (non-hydrogen) atoms. The molecule has 1 atom stereocenters. The Kier molecular flexibility index (Phi) is 4.14. The van der Waals surface area contributed by atoms with Gasteiger partial charge < -0.3 is 9.32 Å². The van der Waals surface area contributed by atoms with Gasteiger partial charge in [0, 0.05) is 12.7 Å². The average Bonchev–Trinajstić information content (AvgIpc) is 3.24. The fourth-order valence-corrected chi connectivity index (χ4v) is 2.84. The van der Waals surface area contributed by atoms with Crippen LogP contribution in [0.5, 0.6) is 0 Å². The summed E-state index contributed by atoms with van der Waals surface area (Å²) in [5, 5.41) is 7.37. The molecule has 1 aromatic carbocycles. The van der Waals surface area contributed by atoms with E-state index >= 15 is 0 Å². The molecule has 0 radical (unpaired) electrons. The second-order valence-corrected chi connectivity index (χ2v) is 6.19. The molecule has 1 aliphatic heterocycles. The van der Waals surface area contributed by atoms with Crippen molar-refractivity contribution in [2.75, 3.05) is 0 Å². The number of benzene rings is 1. The van der Waals surface area contributed by atoms with Crippen molar-refractivity contribution in [2.24, 2.45) is 0 Å². The first-order valence-electron chi connectivity index (χ1n) is 8.12. The Morgan fingerprint density at radius 3 is 2.74 bits per heavy atom. The molecule has 0 bridgehead atoms. The molecular formula is C18H13F3N4O2. The van der Waals surface area contributed by atoms with Crippen molar-refractivity contribution in [1.82, 2.24) is 20.1 Å². The predicted molar refractivity (Wildman–Crippen MR) is 87.0 cm³/mol. The van der Waals surface area contributed by atoms with Crippen LogP contribution in [0.3, 0.4) is 0 Å². The Balaban J connectivity index is 1.57. The largest absolute Gasteiger partial charge is 0.417 e. The molecule has 0 saturated carbocycles. The van der Waals surface area contributed by atoms with Gasteiger partial charge in [-0.25, -0.2) is 13.2 Å². The Labute approximate surface area is 151 Å². The number of carbonyl (C=O) groups is 1. The highest BCUT2D eigenvalue weighted by molar-refractivity contribution is 5.98. The van der Waals surface area contributed by atoms with Crippen molar-refractivity contribution in [2.45, 2.75) is 26.2 Å². The maximum atomic E-state index is 13.4. The van der Waals surface area contributed by atoms with Gasteiger partial charge in [-0.1, -0.05) is 6.07 Å². The zero-order valence-corrected chi connectivity index (χ0v) is 14.1. The normalized spacial score (nSPS) is 14.5. The zero-order chi connectivity index (χ0) is 19.1. The van der Waals surface area contributed by atoms with E-state index in [0.29, 0.717) is 22.4 Å². The van der Waals surface area contributed by atoms with Gasteiger partial charge in [0.25, 0.3) is 11.8 Å². The summed E-state index contributed by atoms with van der Waals surface area (Å²) in [5.74, 6) is -2.30. The number of fused-ring (bicyclic) bond motifs is 1. The van der Waals surface area contributed by atoms with E-state index in [2.05, 4.69) is 15.2 Å². The van der Waals surface area contributed by atoms with Crippen molar-refractivity contribution >= 4 is 5.91 Å². The Morgan fingerprint density at radius 2 is 2.04 bits per heavy atom. The van der Waals surface area contributed by atoms with E-state index in [4.69, 9.17) is 4.42 Å². The van der Waals surface area contributed by atoms with Crippen LogP contribution in [-0.4, -0.2) is 26.0 Å². The minimum atomic E-state index is -1.40.